The first kappa shape index (κ1) is 9.00. The van der Waals surface area contributed by atoms with Crippen LogP contribution in [0.2, 0.25) is 0 Å². The normalized spacial score (nSPS) is 19.1. The molecule has 13 heavy (non-hydrogen) atoms. The van der Waals surface area contributed by atoms with E-state index in [0.717, 1.165) is 17.2 Å². The van der Waals surface area contributed by atoms with Crippen LogP contribution < -0.4 is 0 Å². The van der Waals surface area contributed by atoms with Crippen LogP contribution in [0, 0.1) is 10.7 Å². The van der Waals surface area contributed by atoms with Crippen LogP contribution in [0.15, 0.2) is 12.4 Å². The van der Waals surface area contributed by atoms with Crippen molar-refractivity contribution in [3.05, 3.63) is 17.2 Å². The van der Waals surface area contributed by atoms with Gasteiger partial charge in [0.15, 0.2) is 4.77 Å². The SMILES string of the molecule is S=c1[nH]ccn1CC1CCCCC1. The van der Waals surface area contributed by atoms with Crippen molar-refractivity contribution in [2.24, 2.45) is 5.92 Å². The van der Waals surface area contributed by atoms with Gasteiger partial charge in [-0.15, -0.1) is 0 Å². The fraction of sp³-hybridized carbons (Fsp3) is 0.700. The summed E-state index contributed by atoms with van der Waals surface area (Å²) in [4.78, 5) is 3.04. The topological polar surface area (TPSA) is 20.7 Å². The third kappa shape index (κ3) is 2.21. The first-order valence-electron chi connectivity index (χ1n) is 5.10. The first-order chi connectivity index (χ1) is 6.36. The van der Waals surface area contributed by atoms with Gasteiger partial charge in [-0.3, -0.25) is 0 Å². The van der Waals surface area contributed by atoms with Crippen LogP contribution in [0.3, 0.4) is 0 Å². The molecule has 0 amide bonds. The van der Waals surface area contributed by atoms with Gasteiger partial charge in [-0.2, -0.15) is 0 Å². The molecule has 72 valence electrons. The Labute approximate surface area is 84.0 Å². The fourth-order valence-electron chi connectivity index (χ4n) is 2.14. The number of rotatable bonds is 2. The van der Waals surface area contributed by atoms with Crippen molar-refractivity contribution < 1.29 is 0 Å². The summed E-state index contributed by atoms with van der Waals surface area (Å²) in [5.74, 6) is 0.858. The summed E-state index contributed by atoms with van der Waals surface area (Å²) in [6.45, 7) is 1.11. The minimum Gasteiger partial charge on any atom is -0.337 e. The van der Waals surface area contributed by atoms with E-state index in [1.54, 1.807) is 0 Å². The Morgan fingerprint density at radius 2 is 2.15 bits per heavy atom. The Kier molecular flexibility index (Phi) is 2.83. The summed E-state index contributed by atoms with van der Waals surface area (Å²) in [5, 5.41) is 0. The third-order valence-corrected chi connectivity index (χ3v) is 3.25. The molecule has 1 aromatic rings. The first-order valence-corrected chi connectivity index (χ1v) is 5.51. The quantitative estimate of drug-likeness (QED) is 0.721. The Balaban J connectivity index is 1.97. The minimum atomic E-state index is 0.858. The van der Waals surface area contributed by atoms with Gasteiger partial charge in [0, 0.05) is 18.9 Å². The monoisotopic (exact) mass is 196 g/mol. The molecule has 0 radical (unpaired) electrons. The van der Waals surface area contributed by atoms with Crippen molar-refractivity contribution in [3.63, 3.8) is 0 Å². The second kappa shape index (κ2) is 4.09. The van der Waals surface area contributed by atoms with Crippen molar-refractivity contribution in [3.8, 4) is 0 Å². The van der Waals surface area contributed by atoms with Crippen LogP contribution >= 0.6 is 12.2 Å². The molecule has 1 saturated carbocycles. The Morgan fingerprint density at radius 1 is 1.38 bits per heavy atom. The van der Waals surface area contributed by atoms with Crippen LogP contribution in [0.5, 0.6) is 0 Å². The molecule has 1 heterocycles. The van der Waals surface area contributed by atoms with E-state index in [-0.39, 0.29) is 0 Å². The molecule has 3 heteroatoms. The molecule has 1 fully saturated rings. The lowest BCUT2D eigenvalue weighted by atomic mass is 9.89. The molecule has 2 rings (SSSR count). The zero-order valence-corrected chi connectivity index (χ0v) is 8.65. The molecule has 1 aliphatic carbocycles. The van der Waals surface area contributed by atoms with Gasteiger partial charge in [0.05, 0.1) is 0 Å². The summed E-state index contributed by atoms with van der Waals surface area (Å²) in [6, 6.07) is 0. The molecule has 0 unspecified atom stereocenters. The van der Waals surface area contributed by atoms with Crippen molar-refractivity contribution in [2.45, 2.75) is 38.6 Å². The lowest BCUT2D eigenvalue weighted by Crippen LogP contribution is -2.13. The van der Waals surface area contributed by atoms with E-state index in [2.05, 4.69) is 15.7 Å². The average Bonchev–Trinajstić information content (AvgIpc) is 2.54. The van der Waals surface area contributed by atoms with Crippen LogP contribution in [-0.2, 0) is 6.54 Å². The van der Waals surface area contributed by atoms with Crippen molar-refractivity contribution in [1.82, 2.24) is 9.55 Å². The summed E-state index contributed by atoms with van der Waals surface area (Å²) < 4.78 is 3.02. The maximum Gasteiger partial charge on any atom is 0.177 e. The van der Waals surface area contributed by atoms with Crippen molar-refractivity contribution in [2.75, 3.05) is 0 Å². The molecular weight excluding hydrogens is 180 g/mol. The lowest BCUT2D eigenvalue weighted by Gasteiger charge is -2.21. The van der Waals surface area contributed by atoms with E-state index >= 15 is 0 Å². The number of nitrogens with one attached hydrogen (secondary N) is 1. The number of hydrogen-bond donors (Lipinski definition) is 1. The Morgan fingerprint density at radius 3 is 2.77 bits per heavy atom. The third-order valence-electron chi connectivity index (χ3n) is 2.90. The minimum absolute atomic E-state index is 0.858. The molecule has 0 saturated heterocycles. The molecule has 2 nitrogen and oxygen atoms in total. The van der Waals surface area contributed by atoms with Gasteiger partial charge in [-0.1, -0.05) is 19.3 Å². The standard InChI is InChI=1S/C10H16N2S/c13-10-11-6-7-12(10)8-9-4-2-1-3-5-9/h6-7,9H,1-5,8H2,(H,11,13). The maximum absolute atomic E-state index is 5.16. The van der Waals surface area contributed by atoms with Gasteiger partial charge >= 0.3 is 0 Å². The van der Waals surface area contributed by atoms with Gasteiger partial charge in [0.2, 0.25) is 0 Å². The number of aromatic amines is 1. The van der Waals surface area contributed by atoms with Gasteiger partial charge in [-0.05, 0) is 31.0 Å². The molecule has 1 N–H and O–H groups in total. The predicted molar refractivity (Wildman–Crippen MR) is 56.2 cm³/mol. The summed E-state index contributed by atoms with van der Waals surface area (Å²) in [7, 11) is 0. The van der Waals surface area contributed by atoms with Gasteiger partial charge in [0.25, 0.3) is 0 Å². The Bertz CT molecular complexity index is 307. The number of nitrogens with zero attached hydrogens (tertiary/aromatic N) is 1. The van der Waals surface area contributed by atoms with Crippen LogP contribution in [0.1, 0.15) is 32.1 Å². The highest BCUT2D eigenvalue weighted by Crippen LogP contribution is 2.24. The summed E-state index contributed by atoms with van der Waals surface area (Å²) >= 11 is 5.16. The zero-order valence-electron chi connectivity index (χ0n) is 7.83. The molecular formula is C10H16N2S. The zero-order chi connectivity index (χ0) is 9.10. The second-order valence-corrected chi connectivity index (χ2v) is 4.31. The highest BCUT2D eigenvalue weighted by molar-refractivity contribution is 7.71. The van der Waals surface area contributed by atoms with E-state index < -0.39 is 0 Å². The largest absolute Gasteiger partial charge is 0.337 e. The van der Waals surface area contributed by atoms with Gasteiger partial charge < -0.3 is 9.55 Å². The van der Waals surface area contributed by atoms with E-state index in [1.165, 1.54) is 32.1 Å². The van der Waals surface area contributed by atoms with E-state index in [9.17, 15) is 0 Å². The number of hydrogen-bond acceptors (Lipinski definition) is 1. The molecule has 0 aliphatic heterocycles. The van der Waals surface area contributed by atoms with Crippen LogP contribution in [-0.4, -0.2) is 9.55 Å². The summed E-state index contributed by atoms with van der Waals surface area (Å²) in [5.41, 5.74) is 0. The Hall–Kier alpha value is -0.570. The van der Waals surface area contributed by atoms with Crippen LogP contribution in [0.4, 0.5) is 0 Å². The molecule has 0 atom stereocenters. The second-order valence-electron chi connectivity index (χ2n) is 3.92. The summed E-state index contributed by atoms with van der Waals surface area (Å²) in [6.07, 6.45) is 11.0. The molecule has 1 aliphatic rings. The van der Waals surface area contributed by atoms with Gasteiger partial charge in [0.1, 0.15) is 0 Å². The number of imidazole rings is 1. The molecule has 1 aromatic heterocycles. The van der Waals surface area contributed by atoms with Crippen molar-refractivity contribution >= 4 is 12.2 Å². The maximum atomic E-state index is 5.16. The van der Waals surface area contributed by atoms with Crippen molar-refractivity contribution in [1.29, 1.82) is 0 Å². The van der Waals surface area contributed by atoms with E-state index in [0.29, 0.717) is 0 Å². The molecule has 0 aromatic carbocycles. The number of H-pyrrole nitrogens is 1. The lowest BCUT2D eigenvalue weighted by molar-refractivity contribution is 0.318. The predicted octanol–water partition coefficient (Wildman–Crippen LogP) is 3.13. The highest BCUT2D eigenvalue weighted by atomic mass is 32.1. The van der Waals surface area contributed by atoms with E-state index in [4.69, 9.17) is 12.2 Å². The average molecular weight is 196 g/mol. The van der Waals surface area contributed by atoms with Crippen LogP contribution in [0.25, 0.3) is 0 Å². The fourth-order valence-corrected chi connectivity index (χ4v) is 2.34. The molecule has 0 spiro atoms. The molecule has 0 bridgehead atoms. The highest BCUT2D eigenvalue weighted by Gasteiger charge is 2.13. The van der Waals surface area contributed by atoms with Gasteiger partial charge in [-0.25, -0.2) is 0 Å². The van der Waals surface area contributed by atoms with E-state index in [1.807, 2.05) is 6.20 Å². The smallest absolute Gasteiger partial charge is 0.177 e. The number of aromatic nitrogens is 2.